The lowest BCUT2D eigenvalue weighted by molar-refractivity contribution is -0.275. The van der Waals surface area contributed by atoms with Crippen LogP contribution in [-0.2, 0) is 4.43 Å². The lowest BCUT2D eigenvalue weighted by atomic mass is 9.82. The molecule has 0 aliphatic heterocycles. The summed E-state index contributed by atoms with van der Waals surface area (Å²) in [5, 5.41) is 2.00. The Hall–Kier alpha value is -2.68. The Bertz CT molecular complexity index is 1110. The van der Waals surface area contributed by atoms with Crippen molar-refractivity contribution in [2.24, 2.45) is 11.1 Å². The molecule has 0 aliphatic rings. The van der Waals surface area contributed by atoms with Gasteiger partial charge in [0, 0.05) is 18.1 Å². The smallest absolute Gasteiger partial charge is 0.407 e. The number of rotatable bonds is 8. The fourth-order valence-electron chi connectivity index (χ4n) is 4.51. The molecule has 3 aromatic rings. The average molecular weight is 520 g/mol. The van der Waals surface area contributed by atoms with Crippen molar-refractivity contribution in [3.8, 4) is 5.75 Å². The van der Waals surface area contributed by atoms with Gasteiger partial charge < -0.3 is 14.9 Å². The standard InChI is InChI=1S/C28H33F4NO2Si/c1-26(2,3)36(21-12-8-6-9-13-21,22-14-10-7-11-15-22)34-19-27(4,5)25(33)20-16-17-24(23(29)18-20)35-28(30,31)32/h6-18,25H,19,33H2,1-5H3. The minimum atomic E-state index is -4.98. The maximum Gasteiger partial charge on any atom is 0.573 e. The summed E-state index contributed by atoms with van der Waals surface area (Å²) in [6, 6.07) is 22.9. The highest BCUT2D eigenvalue weighted by Crippen LogP contribution is 2.40. The van der Waals surface area contributed by atoms with Crippen LogP contribution in [0.15, 0.2) is 78.9 Å². The highest BCUT2D eigenvalue weighted by atomic mass is 28.4. The molecule has 0 heterocycles. The zero-order valence-electron chi connectivity index (χ0n) is 21.2. The number of ether oxygens (including phenoxy) is 1. The third-order valence-corrected chi connectivity index (χ3v) is 11.4. The quantitative estimate of drug-likeness (QED) is 0.280. The topological polar surface area (TPSA) is 44.5 Å². The van der Waals surface area contributed by atoms with E-state index < -0.39 is 37.7 Å². The van der Waals surface area contributed by atoms with Crippen LogP contribution in [0.1, 0.15) is 46.2 Å². The van der Waals surface area contributed by atoms with E-state index in [9.17, 15) is 17.6 Å². The first kappa shape index (κ1) is 27.9. The molecule has 3 nitrogen and oxygen atoms in total. The Labute approximate surface area is 211 Å². The summed E-state index contributed by atoms with van der Waals surface area (Å²) < 4.78 is 62.7. The van der Waals surface area contributed by atoms with Gasteiger partial charge in [0.2, 0.25) is 0 Å². The molecule has 2 N–H and O–H groups in total. The van der Waals surface area contributed by atoms with Crippen LogP contribution in [0.2, 0.25) is 5.04 Å². The predicted octanol–water partition coefficient (Wildman–Crippen LogP) is 6.33. The highest BCUT2D eigenvalue weighted by Gasteiger charge is 2.51. The average Bonchev–Trinajstić information content (AvgIpc) is 2.80. The monoisotopic (exact) mass is 519 g/mol. The normalized spacial score (nSPS) is 13.9. The van der Waals surface area contributed by atoms with Crippen molar-refractivity contribution in [3.05, 3.63) is 90.2 Å². The molecule has 0 amide bonds. The van der Waals surface area contributed by atoms with E-state index in [0.717, 1.165) is 22.5 Å². The van der Waals surface area contributed by atoms with E-state index in [0.29, 0.717) is 5.56 Å². The van der Waals surface area contributed by atoms with E-state index in [1.807, 2.05) is 50.2 Å². The summed E-state index contributed by atoms with van der Waals surface area (Å²) in [5.74, 6) is -2.01. The van der Waals surface area contributed by atoms with Gasteiger partial charge in [0.15, 0.2) is 11.6 Å². The molecule has 0 spiro atoms. The molecule has 3 aromatic carbocycles. The van der Waals surface area contributed by atoms with Crippen LogP contribution in [0, 0.1) is 11.2 Å². The van der Waals surface area contributed by atoms with Gasteiger partial charge in [0.25, 0.3) is 8.32 Å². The van der Waals surface area contributed by atoms with E-state index in [4.69, 9.17) is 10.2 Å². The van der Waals surface area contributed by atoms with Gasteiger partial charge in [-0.15, -0.1) is 13.2 Å². The number of alkyl halides is 3. The van der Waals surface area contributed by atoms with Crippen molar-refractivity contribution in [3.63, 3.8) is 0 Å². The van der Waals surface area contributed by atoms with Crippen LogP contribution in [0.3, 0.4) is 0 Å². The maximum absolute atomic E-state index is 14.4. The summed E-state index contributed by atoms with van der Waals surface area (Å²) >= 11 is 0. The zero-order chi connectivity index (χ0) is 26.8. The molecule has 1 unspecified atom stereocenters. The molecule has 0 aliphatic carbocycles. The number of hydrogen-bond acceptors (Lipinski definition) is 3. The molecule has 0 saturated heterocycles. The number of benzene rings is 3. The van der Waals surface area contributed by atoms with E-state index in [1.165, 1.54) is 6.07 Å². The molecule has 0 fully saturated rings. The predicted molar refractivity (Wildman–Crippen MR) is 137 cm³/mol. The van der Waals surface area contributed by atoms with Crippen molar-refractivity contribution < 1.29 is 26.7 Å². The number of halogens is 4. The van der Waals surface area contributed by atoms with Gasteiger partial charge in [-0.25, -0.2) is 4.39 Å². The third-order valence-electron chi connectivity index (χ3n) is 6.46. The van der Waals surface area contributed by atoms with Crippen LogP contribution in [0.4, 0.5) is 17.6 Å². The third kappa shape index (κ3) is 5.99. The fraction of sp³-hybridized carbons (Fsp3) is 0.357. The van der Waals surface area contributed by atoms with Crippen LogP contribution in [0.25, 0.3) is 0 Å². The van der Waals surface area contributed by atoms with Crippen molar-refractivity contribution in [2.75, 3.05) is 6.61 Å². The summed E-state index contributed by atoms with van der Waals surface area (Å²) in [5.41, 5.74) is 6.23. The van der Waals surface area contributed by atoms with Gasteiger partial charge in [-0.1, -0.05) is 101 Å². The van der Waals surface area contributed by atoms with E-state index in [1.54, 1.807) is 0 Å². The van der Waals surface area contributed by atoms with Gasteiger partial charge in [0.1, 0.15) is 0 Å². The first-order valence-electron chi connectivity index (χ1n) is 11.7. The minimum Gasteiger partial charge on any atom is -0.407 e. The molecule has 1 atom stereocenters. The van der Waals surface area contributed by atoms with Crippen molar-refractivity contribution >= 4 is 18.7 Å². The fourth-order valence-corrected chi connectivity index (χ4v) is 9.26. The van der Waals surface area contributed by atoms with Crippen LogP contribution >= 0.6 is 0 Å². The van der Waals surface area contributed by atoms with Gasteiger partial charge in [-0.05, 0) is 33.1 Å². The van der Waals surface area contributed by atoms with Crippen LogP contribution in [-0.4, -0.2) is 21.3 Å². The Morgan fingerprint density at radius 3 is 1.72 bits per heavy atom. The summed E-state index contributed by atoms with van der Waals surface area (Å²) in [6.45, 7) is 10.6. The van der Waals surface area contributed by atoms with E-state index in [2.05, 4.69) is 49.8 Å². The van der Waals surface area contributed by atoms with E-state index in [-0.39, 0.29) is 11.6 Å². The molecule has 0 bridgehead atoms. The molecular formula is C28H33F4NO2Si. The second-order valence-electron chi connectivity index (χ2n) is 10.7. The van der Waals surface area contributed by atoms with Crippen molar-refractivity contribution in [2.45, 2.75) is 52.1 Å². The Morgan fingerprint density at radius 2 is 1.31 bits per heavy atom. The summed E-state index contributed by atoms with van der Waals surface area (Å²) in [6.07, 6.45) is -4.98. The SMILES string of the molecule is CC(C)(CO[Si](c1ccccc1)(c1ccccc1)C(C)(C)C)C(N)c1ccc(OC(F)(F)F)c(F)c1. The largest absolute Gasteiger partial charge is 0.573 e. The number of hydrogen-bond donors (Lipinski definition) is 1. The van der Waals surface area contributed by atoms with E-state index >= 15 is 0 Å². The van der Waals surface area contributed by atoms with Crippen molar-refractivity contribution in [1.82, 2.24) is 0 Å². The lowest BCUT2D eigenvalue weighted by Crippen LogP contribution is -2.67. The molecule has 194 valence electrons. The van der Waals surface area contributed by atoms with Crippen LogP contribution < -0.4 is 20.8 Å². The molecule has 3 rings (SSSR count). The maximum atomic E-state index is 14.4. The summed E-state index contributed by atoms with van der Waals surface area (Å²) in [7, 11) is -2.83. The zero-order valence-corrected chi connectivity index (χ0v) is 22.2. The first-order valence-corrected chi connectivity index (χ1v) is 13.6. The van der Waals surface area contributed by atoms with Gasteiger partial charge in [-0.3, -0.25) is 0 Å². The van der Waals surface area contributed by atoms with Crippen LogP contribution in [0.5, 0.6) is 5.75 Å². The van der Waals surface area contributed by atoms with Crippen molar-refractivity contribution in [1.29, 1.82) is 0 Å². The molecule has 0 radical (unpaired) electrons. The lowest BCUT2D eigenvalue weighted by Gasteiger charge is -2.45. The van der Waals surface area contributed by atoms with Gasteiger partial charge in [-0.2, -0.15) is 0 Å². The first-order chi connectivity index (χ1) is 16.7. The molecular weight excluding hydrogens is 486 g/mol. The molecule has 0 aromatic heterocycles. The Balaban J connectivity index is 1.96. The number of nitrogens with two attached hydrogens (primary N) is 1. The Kier molecular flexibility index (Phi) is 8.03. The van der Waals surface area contributed by atoms with Gasteiger partial charge >= 0.3 is 6.36 Å². The minimum absolute atomic E-state index is 0.238. The summed E-state index contributed by atoms with van der Waals surface area (Å²) in [4.78, 5) is 0. The molecule has 0 saturated carbocycles. The Morgan fingerprint density at radius 1 is 0.806 bits per heavy atom. The highest BCUT2D eigenvalue weighted by molar-refractivity contribution is 6.99. The molecule has 36 heavy (non-hydrogen) atoms. The second-order valence-corrected chi connectivity index (χ2v) is 15.0. The second kappa shape index (κ2) is 10.4. The van der Waals surface area contributed by atoms with Gasteiger partial charge in [0.05, 0.1) is 0 Å². The molecule has 8 heteroatoms.